The number of piperazine rings is 1. The number of hydrogen-bond donors (Lipinski definition) is 1. The number of halogens is 1. The molecule has 1 saturated heterocycles. The van der Waals surface area contributed by atoms with Crippen molar-refractivity contribution in [1.29, 1.82) is 0 Å². The minimum absolute atomic E-state index is 0.0657. The molecule has 0 spiro atoms. The second-order valence-corrected chi connectivity index (χ2v) is 6.58. The normalized spacial score (nSPS) is 17.1. The highest BCUT2D eigenvalue weighted by Gasteiger charge is 2.34. The Bertz CT molecular complexity index is 596. The lowest BCUT2D eigenvalue weighted by Crippen LogP contribution is -2.59. The van der Waals surface area contributed by atoms with Crippen LogP contribution in [0.2, 0.25) is 0 Å². The molecule has 25 heavy (non-hydrogen) atoms. The molecule has 0 radical (unpaired) electrons. The number of nitrogens with zero attached hydrogens (tertiary/aromatic N) is 2. The van der Waals surface area contributed by atoms with E-state index in [9.17, 15) is 14.0 Å². The van der Waals surface area contributed by atoms with Gasteiger partial charge >= 0.3 is 0 Å². The van der Waals surface area contributed by atoms with Crippen molar-refractivity contribution in [1.82, 2.24) is 9.80 Å². The summed E-state index contributed by atoms with van der Waals surface area (Å²) in [6.45, 7) is 5.50. The molecule has 1 heterocycles. The molecular weight excluding hydrogens is 325 g/mol. The molecule has 0 saturated carbocycles. The van der Waals surface area contributed by atoms with Crippen molar-refractivity contribution >= 4 is 11.8 Å². The van der Waals surface area contributed by atoms with Crippen LogP contribution >= 0.6 is 0 Å². The summed E-state index contributed by atoms with van der Waals surface area (Å²) in [4.78, 5) is 28.1. The first-order valence-corrected chi connectivity index (χ1v) is 8.58. The Hall–Kier alpha value is -2.15. The summed E-state index contributed by atoms with van der Waals surface area (Å²) in [5.41, 5.74) is 5.25. The summed E-state index contributed by atoms with van der Waals surface area (Å²) < 4.78 is 18.2. The van der Waals surface area contributed by atoms with E-state index < -0.39 is 5.54 Å². The van der Waals surface area contributed by atoms with E-state index >= 15 is 0 Å². The van der Waals surface area contributed by atoms with Crippen LogP contribution in [0.5, 0.6) is 5.75 Å². The highest BCUT2D eigenvalue weighted by Crippen LogP contribution is 2.15. The Balaban J connectivity index is 1.80. The first-order chi connectivity index (χ1) is 11.8. The van der Waals surface area contributed by atoms with E-state index in [-0.39, 0.29) is 24.2 Å². The van der Waals surface area contributed by atoms with Gasteiger partial charge in [-0.25, -0.2) is 4.39 Å². The van der Waals surface area contributed by atoms with E-state index in [1.165, 1.54) is 24.3 Å². The highest BCUT2D eigenvalue weighted by molar-refractivity contribution is 5.86. The number of carbonyl (C=O) groups excluding carboxylic acids is 2. The zero-order valence-corrected chi connectivity index (χ0v) is 14.8. The summed E-state index contributed by atoms with van der Waals surface area (Å²) >= 11 is 0. The maximum Gasteiger partial charge on any atom is 0.260 e. The molecule has 0 bridgehead atoms. The zero-order chi connectivity index (χ0) is 18.4. The molecule has 1 aliphatic heterocycles. The topological polar surface area (TPSA) is 75.9 Å². The van der Waals surface area contributed by atoms with Crippen LogP contribution in [-0.4, -0.2) is 59.9 Å². The number of nitrogens with two attached hydrogens (primary N) is 1. The first-order valence-electron chi connectivity index (χ1n) is 8.58. The van der Waals surface area contributed by atoms with Gasteiger partial charge in [0, 0.05) is 26.2 Å². The van der Waals surface area contributed by atoms with Gasteiger partial charge in [-0.05, 0) is 37.6 Å². The van der Waals surface area contributed by atoms with Crippen LogP contribution in [0.25, 0.3) is 0 Å². The van der Waals surface area contributed by atoms with Crippen molar-refractivity contribution in [3.05, 3.63) is 30.1 Å². The lowest BCUT2D eigenvalue weighted by Gasteiger charge is -2.38. The summed E-state index contributed by atoms with van der Waals surface area (Å²) in [6.07, 6.45) is 1.48. The van der Waals surface area contributed by atoms with Gasteiger partial charge in [0.05, 0.1) is 5.54 Å². The lowest BCUT2D eigenvalue weighted by atomic mass is 9.95. The van der Waals surface area contributed by atoms with Crippen molar-refractivity contribution in [2.24, 2.45) is 5.73 Å². The Labute approximate surface area is 147 Å². The number of hydrogen-bond acceptors (Lipinski definition) is 4. The van der Waals surface area contributed by atoms with Crippen LogP contribution in [0.3, 0.4) is 0 Å². The average molecular weight is 351 g/mol. The fraction of sp³-hybridized carbons (Fsp3) is 0.556. The standard InChI is InChI=1S/C18H26FN3O3/c1-3-8-18(2,20)17(24)22-11-9-21(10-12-22)16(23)13-25-15-6-4-14(19)5-7-15/h4-7H,3,8-13,20H2,1-2H3. The van der Waals surface area contributed by atoms with Gasteiger partial charge in [-0.15, -0.1) is 0 Å². The molecule has 7 heteroatoms. The Kier molecular flexibility index (Phi) is 6.36. The minimum atomic E-state index is -0.855. The van der Waals surface area contributed by atoms with Crippen LogP contribution in [-0.2, 0) is 9.59 Å². The molecule has 2 N–H and O–H groups in total. The van der Waals surface area contributed by atoms with E-state index in [1.807, 2.05) is 6.92 Å². The molecule has 2 amide bonds. The Morgan fingerprint density at radius 1 is 1.16 bits per heavy atom. The molecule has 6 nitrogen and oxygen atoms in total. The van der Waals surface area contributed by atoms with Crippen molar-refractivity contribution < 1.29 is 18.7 Å². The molecule has 138 valence electrons. The Morgan fingerprint density at radius 2 is 1.72 bits per heavy atom. The van der Waals surface area contributed by atoms with Gasteiger partial charge in [-0.1, -0.05) is 13.3 Å². The zero-order valence-electron chi connectivity index (χ0n) is 14.8. The van der Waals surface area contributed by atoms with Gasteiger partial charge in [0.15, 0.2) is 6.61 Å². The second-order valence-electron chi connectivity index (χ2n) is 6.58. The third-order valence-electron chi connectivity index (χ3n) is 4.35. The summed E-state index contributed by atoms with van der Waals surface area (Å²) in [6, 6.07) is 5.53. The molecule has 0 aliphatic carbocycles. The van der Waals surface area contributed by atoms with Crippen molar-refractivity contribution in [3.8, 4) is 5.75 Å². The van der Waals surface area contributed by atoms with E-state index in [0.29, 0.717) is 38.3 Å². The van der Waals surface area contributed by atoms with Crippen LogP contribution < -0.4 is 10.5 Å². The summed E-state index contributed by atoms with van der Waals surface area (Å²) in [7, 11) is 0. The molecule has 0 aromatic heterocycles. The van der Waals surface area contributed by atoms with Gasteiger partial charge in [0.1, 0.15) is 11.6 Å². The molecule has 1 fully saturated rings. The van der Waals surface area contributed by atoms with Crippen molar-refractivity contribution in [2.75, 3.05) is 32.8 Å². The van der Waals surface area contributed by atoms with Crippen molar-refractivity contribution in [2.45, 2.75) is 32.2 Å². The number of carbonyl (C=O) groups is 2. The fourth-order valence-corrected chi connectivity index (χ4v) is 2.91. The Morgan fingerprint density at radius 3 is 2.28 bits per heavy atom. The van der Waals surface area contributed by atoms with Gasteiger partial charge < -0.3 is 20.3 Å². The predicted molar refractivity (Wildman–Crippen MR) is 92.6 cm³/mol. The van der Waals surface area contributed by atoms with E-state index in [0.717, 1.165) is 6.42 Å². The quantitative estimate of drug-likeness (QED) is 0.840. The number of ether oxygens (including phenoxy) is 1. The molecule has 1 aliphatic rings. The molecule has 2 rings (SSSR count). The van der Waals surface area contributed by atoms with Crippen LogP contribution in [0.15, 0.2) is 24.3 Å². The SMILES string of the molecule is CCCC(C)(N)C(=O)N1CCN(C(=O)COc2ccc(F)cc2)CC1. The number of benzene rings is 1. The monoisotopic (exact) mass is 351 g/mol. The van der Waals surface area contributed by atoms with Gasteiger partial charge in [0.25, 0.3) is 5.91 Å². The fourth-order valence-electron chi connectivity index (χ4n) is 2.91. The maximum absolute atomic E-state index is 12.8. The molecule has 1 unspecified atom stereocenters. The van der Waals surface area contributed by atoms with Crippen LogP contribution in [0.4, 0.5) is 4.39 Å². The van der Waals surface area contributed by atoms with Gasteiger partial charge in [0.2, 0.25) is 5.91 Å². The van der Waals surface area contributed by atoms with Crippen LogP contribution in [0, 0.1) is 5.82 Å². The van der Waals surface area contributed by atoms with Crippen molar-refractivity contribution in [3.63, 3.8) is 0 Å². The predicted octanol–water partition coefficient (Wildman–Crippen LogP) is 1.39. The first kappa shape index (κ1) is 19.2. The van der Waals surface area contributed by atoms with E-state index in [1.54, 1.807) is 16.7 Å². The molecule has 1 atom stereocenters. The second kappa shape index (κ2) is 8.29. The maximum atomic E-state index is 12.8. The summed E-state index contributed by atoms with van der Waals surface area (Å²) in [5.74, 6) is -0.124. The molecular formula is C18H26FN3O3. The van der Waals surface area contributed by atoms with Gasteiger partial charge in [-0.3, -0.25) is 9.59 Å². The van der Waals surface area contributed by atoms with E-state index in [2.05, 4.69) is 0 Å². The van der Waals surface area contributed by atoms with E-state index in [4.69, 9.17) is 10.5 Å². The summed E-state index contributed by atoms with van der Waals surface area (Å²) in [5, 5.41) is 0. The molecule has 1 aromatic carbocycles. The minimum Gasteiger partial charge on any atom is -0.484 e. The number of rotatable bonds is 6. The van der Waals surface area contributed by atoms with Crippen LogP contribution in [0.1, 0.15) is 26.7 Å². The van der Waals surface area contributed by atoms with Gasteiger partial charge in [-0.2, -0.15) is 0 Å². The average Bonchev–Trinajstić information content (AvgIpc) is 2.60. The third-order valence-corrected chi connectivity index (χ3v) is 4.35. The smallest absolute Gasteiger partial charge is 0.260 e. The lowest BCUT2D eigenvalue weighted by molar-refractivity contribution is -0.143. The highest BCUT2D eigenvalue weighted by atomic mass is 19.1. The number of amides is 2. The molecule has 1 aromatic rings. The largest absolute Gasteiger partial charge is 0.484 e. The third kappa shape index (κ3) is 5.16.